The smallest absolute Gasteiger partial charge is 0.219 e. The van der Waals surface area contributed by atoms with Crippen molar-refractivity contribution in [2.75, 3.05) is 44.2 Å². The van der Waals surface area contributed by atoms with Crippen LogP contribution in [0.3, 0.4) is 0 Å². The molecule has 3 heterocycles. The molecule has 1 amide bonds. The number of benzene rings is 1. The number of carbonyl (C=O) groups excluding carboxylic acids is 1. The summed E-state index contributed by atoms with van der Waals surface area (Å²) in [6, 6.07) is 13.9. The minimum absolute atomic E-state index is 0.203. The third kappa shape index (κ3) is 5.56. The zero-order valence-electron chi connectivity index (χ0n) is 21.6. The number of nitrogens with zero attached hydrogens (tertiary/aromatic N) is 4. The fourth-order valence-electron chi connectivity index (χ4n) is 6.09. The molecule has 2 aromatic rings. The number of anilines is 1. The average Bonchev–Trinajstić information content (AvgIpc) is 3.31. The molecule has 35 heavy (non-hydrogen) atoms. The molecule has 190 valence electrons. The van der Waals surface area contributed by atoms with E-state index in [0.29, 0.717) is 18.0 Å². The lowest BCUT2D eigenvalue weighted by Gasteiger charge is -2.54. The van der Waals surface area contributed by atoms with Gasteiger partial charge in [0.2, 0.25) is 5.91 Å². The molecule has 1 aromatic carbocycles. The van der Waals surface area contributed by atoms with E-state index in [-0.39, 0.29) is 11.3 Å². The van der Waals surface area contributed by atoms with E-state index in [2.05, 4.69) is 70.5 Å². The molecular formula is C28H41N5O2. The Morgan fingerprint density at radius 1 is 1.09 bits per heavy atom. The molecular weight excluding hydrogens is 438 g/mol. The predicted octanol–water partition coefficient (Wildman–Crippen LogP) is 3.55. The highest BCUT2D eigenvalue weighted by atomic mass is 16.5. The van der Waals surface area contributed by atoms with E-state index in [1.165, 1.54) is 12.1 Å². The van der Waals surface area contributed by atoms with Crippen LogP contribution >= 0.6 is 0 Å². The van der Waals surface area contributed by atoms with Crippen LogP contribution in [-0.2, 0) is 17.8 Å². The van der Waals surface area contributed by atoms with E-state index in [1.54, 1.807) is 6.92 Å². The summed E-state index contributed by atoms with van der Waals surface area (Å²) >= 11 is 0. The van der Waals surface area contributed by atoms with Gasteiger partial charge in [0, 0.05) is 70.0 Å². The number of hydrogen-bond donors (Lipinski definition) is 1. The number of rotatable bonds is 7. The van der Waals surface area contributed by atoms with Crippen LogP contribution in [0.25, 0.3) is 0 Å². The fourth-order valence-corrected chi connectivity index (χ4v) is 6.09. The second-order valence-corrected chi connectivity index (χ2v) is 11.3. The maximum Gasteiger partial charge on any atom is 0.219 e. The Bertz CT molecular complexity index is 974. The molecule has 3 fully saturated rings. The Kier molecular flexibility index (Phi) is 7.17. The van der Waals surface area contributed by atoms with Gasteiger partial charge in [0.25, 0.3) is 0 Å². The molecule has 1 N–H and O–H groups in total. The van der Waals surface area contributed by atoms with Gasteiger partial charge in [0.05, 0.1) is 12.2 Å². The molecule has 1 saturated carbocycles. The molecule has 7 nitrogen and oxygen atoms in total. The Balaban J connectivity index is 1.06. The Labute approximate surface area is 209 Å². The number of piperazine rings is 1. The molecule has 7 heteroatoms. The molecule has 2 aliphatic heterocycles. The summed E-state index contributed by atoms with van der Waals surface area (Å²) in [7, 11) is 0. The predicted molar refractivity (Wildman–Crippen MR) is 138 cm³/mol. The van der Waals surface area contributed by atoms with Gasteiger partial charge in [-0.15, -0.1) is 0 Å². The summed E-state index contributed by atoms with van der Waals surface area (Å²) in [5.41, 5.74) is 2.64. The molecule has 2 saturated heterocycles. The molecule has 1 aliphatic carbocycles. The summed E-state index contributed by atoms with van der Waals surface area (Å²) in [6.45, 7) is 13.2. The van der Waals surface area contributed by atoms with Crippen molar-refractivity contribution in [2.45, 2.75) is 65.1 Å². The third-order valence-corrected chi connectivity index (χ3v) is 8.78. The number of aromatic nitrogens is 1. The lowest BCUT2D eigenvalue weighted by molar-refractivity contribution is -0.130. The van der Waals surface area contributed by atoms with Crippen molar-refractivity contribution in [3.63, 3.8) is 0 Å². The highest BCUT2D eigenvalue weighted by Crippen LogP contribution is 2.48. The standard InChI is InChI=1S/C28H41N5O2/c1-21(34)32-11-9-23(10-12-32)29-27-18-22(28(27,2)3)17-24-19-26(35-30-24)20-31-13-15-33(16-14-31)25-7-5-4-6-8-25/h4-8,19,22-23,27,29H,9-18,20H2,1-3H3. The highest BCUT2D eigenvalue weighted by Gasteiger charge is 2.48. The van der Waals surface area contributed by atoms with Crippen LogP contribution in [0.4, 0.5) is 5.69 Å². The number of likely N-dealkylation sites (tertiary alicyclic amines) is 1. The second-order valence-electron chi connectivity index (χ2n) is 11.3. The van der Waals surface area contributed by atoms with E-state index in [1.807, 2.05) is 4.90 Å². The zero-order chi connectivity index (χ0) is 24.4. The van der Waals surface area contributed by atoms with Crippen LogP contribution in [0.2, 0.25) is 0 Å². The number of carbonyl (C=O) groups is 1. The van der Waals surface area contributed by atoms with Gasteiger partial charge >= 0.3 is 0 Å². The van der Waals surface area contributed by atoms with Crippen molar-refractivity contribution in [2.24, 2.45) is 11.3 Å². The first-order valence-electron chi connectivity index (χ1n) is 13.4. The lowest BCUT2D eigenvalue weighted by atomic mass is 9.57. The Hall–Kier alpha value is -2.38. The van der Waals surface area contributed by atoms with Gasteiger partial charge < -0.3 is 19.6 Å². The normalized spacial score (nSPS) is 25.5. The van der Waals surface area contributed by atoms with Crippen LogP contribution in [0.1, 0.15) is 51.5 Å². The van der Waals surface area contributed by atoms with Crippen LogP contribution in [0.5, 0.6) is 0 Å². The number of amides is 1. The monoisotopic (exact) mass is 479 g/mol. The van der Waals surface area contributed by atoms with E-state index in [0.717, 1.165) is 76.5 Å². The molecule has 3 aliphatic rings. The SMILES string of the molecule is CC(=O)N1CCC(NC2CC(Cc3cc(CN4CCN(c5ccccc5)CC4)on3)C2(C)C)CC1. The van der Waals surface area contributed by atoms with Crippen LogP contribution in [-0.4, -0.2) is 72.2 Å². The molecule has 2 atom stereocenters. The van der Waals surface area contributed by atoms with Crippen LogP contribution in [0.15, 0.2) is 40.9 Å². The van der Waals surface area contributed by atoms with Crippen LogP contribution < -0.4 is 10.2 Å². The van der Waals surface area contributed by atoms with Crippen molar-refractivity contribution >= 4 is 11.6 Å². The molecule has 1 aromatic heterocycles. The highest BCUT2D eigenvalue weighted by molar-refractivity contribution is 5.73. The molecule has 2 unspecified atom stereocenters. The average molecular weight is 480 g/mol. The molecule has 0 bridgehead atoms. The van der Waals surface area contributed by atoms with E-state index < -0.39 is 0 Å². The van der Waals surface area contributed by atoms with Crippen LogP contribution in [0, 0.1) is 11.3 Å². The molecule has 5 rings (SSSR count). The maximum absolute atomic E-state index is 11.6. The molecule has 0 radical (unpaired) electrons. The maximum atomic E-state index is 11.6. The number of nitrogens with one attached hydrogen (secondary N) is 1. The number of para-hydroxylation sites is 1. The molecule has 0 spiro atoms. The van der Waals surface area contributed by atoms with Gasteiger partial charge in [-0.3, -0.25) is 9.69 Å². The van der Waals surface area contributed by atoms with Crippen molar-refractivity contribution < 1.29 is 9.32 Å². The number of piperidine rings is 1. The second kappa shape index (κ2) is 10.3. The lowest BCUT2D eigenvalue weighted by Crippen LogP contribution is -2.61. The van der Waals surface area contributed by atoms with Crippen molar-refractivity contribution in [1.29, 1.82) is 0 Å². The van der Waals surface area contributed by atoms with Crippen molar-refractivity contribution in [3.8, 4) is 0 Å². The first kappa shape index (κ1) is 24.3. The van der Waals surface area contributed by atoms with Crippen molar-refractivity contribution in [1.82, 2.24) is 20.3 Å². The van der Waals surface area contributed by atoms with Crippen molar-refractivity contribution in [3.05, 3.63) is 47.9 Å². The van der Waals surface area contributed by atoms with E-state index in [4.69, 9.17) is 4.52 Å². The summed E-state index contributed by atoms with van der Waals surface area (Å²) in [5, 5.41) is 8.33. The fraction of sp³-hybridized carbons (Fsp3) is 0.643. The van der Waals surface area contributed by atoms with Gasteiger partial charge in [0.15, 0.2) is 5.76 Å². The summed E-state index contributed by atoms with van der Waals surface area (Å²) < 4.78 is 5.74. The van der Waals surface area contributed by atoms with Gasteiger partial charge in [-0.2, -0.15) is 0 Å². The quantitative estimate of drug-likeness (QED) is 0.655. The van der Waals surface area contributed by atoms with Gasteiger partial charge in [0.1, 0.15) is 0 Å². The third-order valence-electron chi connectivity index (χ3n) is 8.78. The topological polar surface area (TPSA) is 64.9 Å². The Morgan fingerprint density at radius 3 is 2.46 bits per heavy atom. The summed E-state index contributed by atoms with van der Waals surface area (Å²) in [6.07, 6.45) is 4.29. The zero-order valence-corrected chi connectivity index (χ0v) is 21.6. The van der Waals surface area contributed by atoms with Gasteiger partial charge in [-0.1, -0.05) is 37.2 Å². The number of hydrogen-bond acceptors (Lipinski definition) is 6. The Morgan fingerprint density at radius 2 is 1.80 bits per heavy atom. The van der Waals surface area contributed by atoms with Gasteiger partial charge in [-0.25, -0.2) is 0 Å². The summed E-state index contributed by atoms with van der Waals surface area (Å²) in [5.74, 6) is 1.80. The first-order valence-corrected chi connectivity index (χ1v) is 13.4. The first-order chi connectivity index (χ1) is 16.9. The van der Waals surface area contributed by atoms with E-state index in [9.17, 15) is 4.79 Å². The van der Waals surface area contributed by atoms with Gasteiger partial charge in [-0.05, 0) is 49.1 Å². The van der Waals surface area contributed by atoms with E-state index >= 15 is 0 Å². The minimum atomic E-state index is 0.203. The summed E-state index contributed by atoms with van der Waals surface area (Å²) in [4.78, 5) is 18.5. The largest absolute Gasteiger partial charge is 0.369 e. The minimum Gasteiger partial charge on any atom is -0.369 e.